The Hall–Kier alpha value is -2.27. The normalized spacial score (nSPS) is 16.9. The van der Waals surface area contributed by atoms with E-state index in [0.717, 1.165) is 55.0 Å². The lowest BCUT2D eigenvalue weighted by atomic mass is 10.1. The maximum absolute atomic E-state index is 6.16. The van der Waals surface area contributed by atoms with Crippen molar-refractivity contribution in [3.05, 3.63) is 48.7 Å². The van der Waals surface area contributed by atoms with E-state index in [1.807, 2.05) is 42.2 Å². The number of aromatic nitrogens is 2. The summed E-state index contributed by atoms with van der Waals surface area (Å²) in [6.45, 7) is 2.97. The van der Waals surface area contributed by atoms with Crippen molar-refractivity contribution in [2.45, 2.75) is 25.5 Å². The van der Waals surface area contributed by atoms with Gasteiger partial charge < -0.3 is 13.7 Å². The SMILES string of the molecule is Cn1cnc2cc(OC3CCN(Cc4ccco4)CC3)ccc21. The number of imidazole rings is 1. The summed E-state index contributed by atoms with van der Waals surface area (Å²) in [6.07, 6.45) is 5.94. The third-order valence-corrected chi connectivity index (χ3v) is 4.49. The highest BCUT2D eigenvalue weighted by Gasteiger charge is 2.21. The lowest BCUT2D eigenvalue weighted by Gasteiger charge is -2.31. The van der Waals surface area contributed by atoms with Crippen LogP contribution < -0.4 is 4.74 Å². The maximum atomic E-state index is 6.16. The Labute approximate surface area is 135 Å². The maximum Gasteiger partial charge on any atom is 0.122 e. The number of piperidine rings is 1. The van der Waals surface area contributed by atoms with Crippen LogP contribution in [0.4, 0.5) is 0 Å². The van der Waals surface area contributed by atoms with Crippen molar-refractivity contribution in [1.29, 1.82) is 0 Å². The summed E-state index contributed by atoms with van der Waals surface area (Å²) in [6, 6.07) is 10.1. The van der Waals surface area contributed by atoms with E-state index in [1.165, 1.54) is 0 Å². The number of nitrogens with zero attached hydrogens (tertiary/aromatic N) is 3. The van der Waals surface area contributed by atoms with Crippen LogP contribution >= 0.6 is 0 Å². The van der Waals surface area contributed by atoms with Gasteiger partial charge in [0.2, 0.25) is 0 Å². The lowest BCUT2D eigenvalue weighted by molar-refractivity contribution is 0.0930. The minimum Gasteiger partial charge on any atom is -0.490 e. The molecule has 3 heterocycles. The van der Waals surface area contributed by atoms with Crippen LogP contribution in [-0.4, -0.2) is 33.6 Å². The topological polar surface area (TPSA) is 43.4 Å². The first-order chi connectivity index (χ1) is 11.3. The quantitative estimate of drug-likeness (QED) is 0.742. The van der Waals surface area contributed by atoms with Crippen LogP contribution in [0.15, 0.2) is 47.3 Å². The van der Waals surface area contributed by atoms with Crippen LogP contribution in [-0.2, 0) is 13.6 Å². The summed E-state index contributed by atoms with van der Waals surface area (Å²) in [5.41, 5.74) is 2.12. The van der Waals surface area contributed by atoms with E-state index < -0.39 is 0 Å². The summed E-state index contributed by atoms with van der Waals surface area (Å²) >= 11 is 0. The molecule has 0 amide bonds. The van der Waals surface area contributed by atoms with E-state index >= 15 is 0 Å². The van der Waals surface area contributed by atoms with Gasteiger partial charge in [0.25, 0.3) is 0 Å². The molecular formula is C18H21N3O2. The Morgan fingerprint density at radius 1 is 1.26 bits per heavy atom. The predicted molar refractivity (Wildman–Crippen MR) is 88.3 cm³/mol. The lowest BCUT2D eigenvalue weighted by Crippen LogP contribution is -2.37. The third-order valence-electron chi connectivity index (χ3n) is 4.49. The number of ether oxygens (including phenoxy) is 1. The van der Waals surface area contributed by atoms with Crippen molar-refractivity contribution in [1.82, 2.24) is 14.5 Å². The van der Waals surface area contributed by atoms with E-state index in [0.29, 0.717) is 0 Å². The molecule has 0 atom stereocenters. The van der Waals surface area contributed by atoms with Crippen molar-refractivity contribution in [3.8, 4) is 5.75 Å². The average molecular weight is 311 g/mol. The van der Waals surface area contributed by atoms with E-state index in [-0.39, 0.29) is 6.10 Å². The largest absolute Gasteiger partial charge is 0.490 e. The number of furan rings is 1. The zero-order chi connectivity index (χ0) is 15.6. The Bertz CT molecular complexity index is 771. The van der Waals surface area contributed by atoms with Crippen LogP contribution in [0, 0.1) is 0 Å². The van der Waals surface area contributed by atoms with Gasteiger partial charge >= 0.3 is 0 Å². The van der Waals surface area contributed by atoms with Gasteiger partial charge in [0.05, 0.1) is 30.2 Å². The first-order valence-corrected chi connectivity index (χ1v) is 8.10. The van der Waals surface area contributed by atoms with Gasteiger partial charge in [0.1, 0.15) is 17.6 Å². The van der Waals surface area contributed by atoms with Gasteiger partial charge in [0.15, 0.2) is 0 Å². The van der Waals surface area contributed by atoms with Gasteiger partial charge in [-0.15, -0.1) is 0 Å². The molecule has 0 radical (unpaired) electrons. The smallest absolute Gasteiger partial charge is 0.122 e. The number of likely N-dealkylation sites (tertiary alicyclic amines) is 1. The molecule has 4 rings (SSSR count). The number of rotatable bonds is 4. The monoisotopic (exact) mass is 311 g/mol. The molecule has 0 spiro atoms. The Morgan fingerprint density at radius 2 is 2.13 bits per heavy atom. The standard InChI is InChI=1S/C18H21N3O2/c1-20-13-19-17-11-15(4-5-18(17)20)23-14-6-8-21(9-7-14)12-16-3-2-10-22-16/h2-5,10-11,13-14H,6-9,12H2,1H3. The number of hydrogen-bond donors (Lipinski definition) is 0. The number of aryl methyl sites for hydroxylation is 1. The number of hydrogen-bond acceptors (Lipinski definition) is 4. The fourth-order valence-electron chi connectivity index (χ4n) is 3.19. The van der Waals surface area contributed by atoms with Crippen molar-refractivity contribution >= 4 is 11.0 Å². The molecule has 2 aromatic heterocycles. The molecule has 23 heavy (non-hydrogen) atoms. The highest BCUT2D eigenvalue weighted by molar-refractivity contribution is 5.76. The number of fused-ring (bicyclic) bond motifs is 1. The van der Waals surface area contributed by atoms with E-state index in [9.17, 15) is 0 Å². The van der Waals surface area contributed by atoms with Crippen molar-refractivity contribution < 1.29 is 9.15 Å². The summed E-state index contributed by atoms with van der Waals surface area (Å²) < 4.78 is 13.6. The van der Waals surface area contributed by atoms with E-state index in [2.05, 4.69) is 16.0 Å². The predicted octanol–water partition coefficient (Wildman–Crippen LogP) is 3.21. The zero-order valence-corrected chi connectivity index (χ0v) is 13.3. The third kappa shape index (κ3) is 3.10. The Kier molecular flexibility index (Phi) is 3.79. The van der Waals surface area contributed by atoms with Gasteiger partial charge in [-0.2, -0.15) is 0 Å². The summed E-state index contributed by atoms with van der Waals surface area (Å²) in [5.74, 6) is 1.95. The molecule has 3 aromatic rings. The minimum atomic E-state index is 0.281. The highest BCUT2D eigenvalue weighted by atomic mass is 16.5. The molecular weight excluding hydrogens is 290 g/mol. The summed E-state index contributed by atoms with van der Waals surface area (Å²) in [4.78, 5) is 6.81. The fraction of sp³-hybridized carbons (Fsp3) is 0.389. The van der Waals surface area contributed by atoms with Crippen molar-refractivity contribution in [2.24, 2.45) is 7.05 Å². The van der Waals surface area contributed by atoms with Crippen molar-refractivity contribution in [3.63, 3.8) is 0 Å². The molecule has 0 unspecified atom stereocenters. The molecule has 1 aliphatic rings. The average Bonchev–Trinajstić information content (AvgIpc) is 3.20. The van der Waals surface area contributed by atoms with Crippen LogP contribution in [0.5, 0.6) is 5.75 Å². The Balaban J connectivity index is 1.34. The highest BCUT2D eigenvalue weighted by Crippen LogP contribution is 2.23. The second-order valence-corrected chi connectivity index (χ2v) is 6.18. The van der Waals surface area contributed by atoms with E-state index in [4.69, 9.17) is 9.15 Å². The van der Waals surface area contributed by atoms with Crippen molar-refractivity contribution in [2.75, 3.05) is 13.1 Å². The summed E-state index contributed by atoms with van der Waals surface area (Å²) in [7, 11) is 2.00. The number of benzene rings is 1. The molecule has 0 saturated carbocycles. The minimum absolute atomic E-state index is 0.281. The summed E-state index contributed by atoms with van der Waals surface area (Å²) in [5, 5.41) is 0. The zero-order valence-electron chi connectivity index (χ0n) is 13.3. The molecule has 1 aliphatic heterocycles. The van der Waals surface area contributed by atoms with Gasteiger partial charge in [-0.3, -0.25) is 4.90 Å². The molecule has 120 valence electrons. The van der Waals surface area contributed by atoms with Gasteiger partial charge in [-0.1, -0.05) is 0 Å². The molecule has 0 bridgehead atoms. The van der Waals surface area contributed by atoms with Gasteiger partial charge in [-0.05, 0) is 37.1 Å². The molecule has 0 N–H and O–H groups in total. The second kappa shape index (κ2) is 6.08. The van der Waals surface area contributed by atoms with Gasteiger partial charge in [0, 0.05) is 26.2 Å². The molecule has 1 fully saturated rings. The fourth-order valence-corrected chi connectivity index (χ4v) is 3.19. The molecule has 1 aromatic carbocycles. The van der Waals surface area contributed by atoms with Crippen LogP contribution in [0.3, 0.4) is 0 Å². The molecule has 5 nitrogen and oxygen atoms in total. The molecule has 5 heteroatoms. The second-order valence-electron chi connectivity index (χ2n) is 6.18. The van der Waals surface area contributed by atoms with Crippen LogP contribution in [0.1, 0.15) is 18.6 Å². The first kappa shape index (κ1) is 14.3. The van der Waals surface area contributed by atoms with E-state index in [1.54, 1.807) is 6.26 Å². The Morgan fingerprint density at radius 3 is 2.91 bits per heavy atom. The van der Waals surface area contributed by atoms with Crippen LogP contribution in [0.25, 0.3) is 11.0 Å². The van der Waals surface area contributed by atoms with Gasteiger partial charge in [-0.25, -0.2) is 4.98 Å². The van der Waals surface area contributed by atoms with Crippen LogP contribution in [0.2, 0.25) is 0 Å². The first-order valence-electron chi connectivity index (χ1n) is 8.10. The molecule has 1 saturated heterocycles. The molecule has 0 aliphatic carbocycles.